The van der Waals surface area contributed by atoms with Gasteiger partial charge in [-0.05, 0) is 12.3 Å². The van der Waals surface area contributed by atoms with Gasteiger partial charge in [0.1, 0.15) is 6.11 Å². The van der Waals surface area contributed by atoms with E-state index in [0.717, 1.165) is 6.42 Å². The van der Waals surface area contributed by atoms with Crippen molar-refractivity contribution < 1.29 is 4.74 Å². The zero-order valence-corrected chi connectivity index (χ0v) is 5.66. The Labute approximate surface area is 55.0 Å². The Balaban J connectivity index is 2.90. The first-order chi connectivity index (χ1) is 3.91. The Morgan fingerprint density at radius 1 is 1.62 bits per heavy atom. The van der Waals surface area contributed by atoms with Gasteiger partial charge in [0.25, 0.3) is 0 Å². The third-order valence-electron chi connectivity index (χ3n) is 0.517. The van der Waals surface area contributed by atoms with Gasteiger partial charge >= 0.3 is 0 Å². The zero-order valence-electron chi connectivity index (χ0n) is 4.91. The van der Waals surface area contributed by atoms with Gasteiger partial charge in [-0.2, -0.15) is 0 Å². The van der Waals surface area contributed by atoms with Gasteiger partial charge in [0.15, 0.2) is 0 Å². The fraction of sp³-hybridized carbons (Fsp3) is 0.667. The van der Waals surface area contributed by atoms with E-state index in [4.69, 9.17) is 16.3 Å². The van der Waals surface area contributed by atoms with Crippen LogP contribution in [0, 0.1) is 12.0 Å². The van der Waals surface area contributed by atoms with Crippen molar-refractivity contribution >= 4 is 11.6 Å². The minimum absolute atomic E-state index is 0.351. The van der Waals surface area contributed by atoms with E-state index in [1.807, 2.05) is 6.92 Å². The number of rotatable bonds is 2. The largest absolute Gasteiger partial charge is 0.447 e. The number of alkyl halides is 1. The van der Waals surface area contributed by atoms with E-state index in [1.165, 1.54) is 0 Å². The SMILES string of the molecule is CCCOC#CCCl. The highest BCUT2D eigenvalue weighted by Gasteiger charge is 1.72. The molecule has 0 aliphatic carbocycles. The average molecular weight is 133 g/mol. The predicted octanol–water partition coefficient (Wildman–Crippen LogP) is 1.61. The quantitative estimate of drug-likeness (QED) is 0.315. The summed E-state index contributed by atoms with van der Waals surface area (Å²) >= 11 is 5.23. The highest BCUT2D eigenvalue weighted by atomic mass is 35.5. The third kappa shape index (κ3) is 5.65. The van der Waals surface area contributed by atoms with Gasteiger partial charge in [0.2, 0.25) is 0 Å². The van der Waals surface area contributed by atoms with Gasteiger partial charge in [-0.15, -0.1) is 11.6 Å². The molecule has 0 aromatic carbocycles. The molecular weight excluding hydrogens is 124 g/mol. The molecule has 0 heterocycles. The van der Waals surface area contributed by atoms with Crippen LogP contribution in [0.25, 0.3) is 0 Å². The molecule has 0 amide bonds. The standard InChI is InChI=1S/C6H9ClO/c1-2-5-8-6-3-4-7/h2,4-5H2,1H3. The van der Waals surface area contributed by atoms with Crippen LogP contribution in [-0.4, -0.2) is 12.5 Å². The number of ether oxygens (including phenoxy) is 1. The highest BCUT2D eigenvalue weighted by Crippen LogP contribution is 1.76. The van der Waals surface area contributed by atoms with E-state index in [9.17, 15) is 0 Å². The first-order valence-electron chi connectivity index (χ1n) is 2.57. The van der Waals surface area contributed by atoms with Crippen molar-refractivity contribution in [3.63, 3.8) is 0 Å². The molecule has 0 aromatic rings. The van der Waals surface area contributed by atoms with E-state index in [1.54, 1.807) is 0 Å². The average Bonchev–Trinajstić information content (AvgIpc) is 1.81. The molecule has 46 valence electrons. The van der Waals surface area contributed by atoms with E-state index in [-0.39, 0.29) is 0 Å². The van der Waals surface area contributed by atoms with Gasteiger partial charge in [-0.1, -0.05) is 6.92 Å². The molecule has 0 saturated heterocycles. The summed E-state index contributed by atoms with van der Waals surface area (Å²) in [6.45, 7) is 2.73. The van der Waals surface area contributed by atoms with Crippen molar-refractivity contribution in [2.75, 3.05) is 12.5 Å². The normalized spacial score (nSPS) is 7.25. The Hall–Kier alpha value is -0.350. The summed E-state index contributed by atoms with van der Waals surface area (Å²) in [6, 6.07) is 0. The fourth-order valence-electron chi connectivity index (χ4n) is 0.231. The van der Waals surface area contributed by atoms with Crippen molar-refractivity contribution in [2.45, 2.75) is 13.3 Å². The van der Waals surface area contributed by atoms with Gasteiger partial charge < -0.3 is 4.74 Å². The molecule has 0 atom stereocenters. The second-order valence-corrected chi connectivity index (χ2v) is 1.53. The molecule has 0 spiro atoms. The summed E-state index contributed by atoms with van der Waals surface area (Å²) in [6.07, 6.45) is 3.45. The van der Waals surface area contributed by atoms with Gasteiger partial charge in [-0.3, -0.25) is 0 Å². The van der Waals surface area contributed by atoms with Crippen LogP contribution >= 0.6 is 11.6 Å². The lowest BCUT2D eigenvalue weighted by molar-refractivity contribution is 0.278. The van der Waals surface area contributed by atoms with E-state index < -0.39 is 0 Å². The highest BCUT2D eigenvalue weighted by molar-refractivity contribution is 6.19. The second-order valence-electron chi connectivity index (χ2n) is 1.26. The molecule has 0 N–H and O–H groups in total. The number of halogens is 1. The summed E-state index contributed by atoms with van der Waals surface area (Å²) in [5.41, 5.74) is 0. The van der Waals surface area contributed by atoms with Crippen LogP contribution in [0.15, 0.2) is 0 Å². The lowest BCUT2D eigenvalue weighted by atomic mass is 10.5. The molecule has 2 heteroatoms. The zero-order chi connectivity index (χ0) is 6.24. The second kappa shape index (κ2) is 6.65. The minimum Gasteiger partial charge on any atom is -0.447 e. The fourth-order valence-corrected chi connectivity index (χ4v) is 0.286. The predicted molar refractivity (Wildman–Crippen MR) is 34.7 cm³/mol. The Morgan fingerprint density at radius 3 is 2.88 bits per heavy atom. The van der Waals surface area contributed by atoms with Gasteiger partial charge in [0, 0.05) is 0 Å². The maximum absolute atomic E-state index is 5.23. The van der Waals surface area contributed by atoms with Crippen LogP contribution in [-0.2, 0) is 4.74 Å². The molecular formula is C6H9ClO. The molecule has 0 rings (SSSR count). The summed E-state index contributed by atoms with van der Waals surface area (Å²) in [5.74, 6) is 2.93. The first-order valence-corrected chi connectivity index (χ1v) is 3.11. The van der Waals surface area contributed by atoms with Gasteiger partial charge in [-0.25, -0.2) is 0 Å². The third-order valence-corrected chi connectivity index (χ3v) is 0.651. The lowest BCUT2D eigenvalue weighted by Crippen LogP contribution is -1.82. The Bertz CT molecular complexity index is 90.4. The van der Waals surface area contributed by atoms with Crippen LogP contribution in [0.3, 0.4) is 0 Å². The van der Waals surface area contributed by atoms with E-state index in [2.05, 4.69) is 12.0 Å². The van der Waals surface area contributed by atoms with Crippen LogP contribution in [0.1, 0.15) is 13.3 Å². The monoisotopic (exact) mass is 132 g/mol. The molecule has 0 aliphatic heterocycles. The maximum Gasteiger partial charge on any atom is 0.111 e. The van der Waals surface area contributed by atoms with Gasteiger partial charge in [0.05, 0.1) is 12.5 Å². The molecule has 0 bridgehead atoms. The van der Waals surface area contributed by atoms with Crippen molar-refractivity contribution in [2.24, 2.45) is 0 Å². The van der Waals surface area contributed by atoms with Crippen LogP contribution in [0.4, 0.5) is 0 Å². The van der Waals surface area contributed by atoms with E-state index >= 15 is 0 Å². The molecule has 1 nitrogen and oxygen atoms in total. The molecule has 0 radical (unpaired) electrons. The van der Waals surface area contributed by atoms with E-state index in [0.29, 0.717) is 12.5 Å². The molecule has 0 unspecified atom stereocenters. The molecule has 8 heavy (non-hydrogen) atoms. The van der Waals surface area contributed by atoms with Crippen LogP contribution in [0.5, 0.6) is 0 Å². The minimum atomic E-state index is 0.351. The van der Waals surface area contributed by atoms with Crippen molar-refractivity contribution in [3.8, 4) is 12.0 Å². The summed E-state index contributed by atoms with van der Waals surface area (Å²) in [5, 5.41) is 0. The van der Waals surface area contributed by atoms with Crippen LogP contribution in [0.2, 0.25) is 0 Å². The summed E-state index contributed by atoms with van der Waals surface area (Å²) < 4.78 is 4.78. The Morgan fingerprint density at radius 2 is 2.38 bits per heavy atom. The van der Waals surface area contributed by atoms with Crippen molar-refractivity contribution in [3.05, 3.63) is 0 Å². The Kier molecular flexibility index (Phi) is 6.36. The molecule has 0 aliphatic rings. The van der Waals surface area contributed by atoms with Crippen molar-refractivity contribution in [1.82, 2.24) is 0 Å². The summed E-state index contributed by atoms with van der Waals surface area (Å²) in [4.78, 5) is 0. The first kappa shape index (κ1) is 7.65. The smallest absolute Gasteiger partial charge is 0.111 e. The number of hydrogen-bond acceptors (Lipinski definition) is 1. The topological polar surface area (TPSA) is 9.23 Å². The summed E-state index contributed by atoms with van der Waals surface area (Å²) in [7, 11) is 0. The molecule has 0 saturated carbocycles. The lowest BCUT2D eigenvalue weighted by Gasteiger charge is -1.87. The van der Waals surface area contributed by atoms with Crippen LogP contribution < -0.4 is 0 Å². The molecule has 0 aromatic heterocycles. The number of hydrogen-bond donors (Lipinski definition) is 0. The molecule has 0 fully saturated rings. The van der Waals surface area contributed by atoms with Crippen molar-refractivity contribution in [1.29, 1.82) is 0 Å². The maximum atomic E-state index is 5.23.